The fraction of sp³-hybridized carbons (Fsp3) is 0.462. The number of aliphatic hydroxyl groups is 1. The summed E-state index contributed by atoms with van der Waals surface area (Å²) in [7, 11) is 0. The maximum absolute atomic E-state index is 12.1. The lowest BCUT2D eigenvalue weighted by Crippen LogP contribution is -2.47. The molecule has 4 nitrogen and oxygen atoms in total. The highest BCUT2D eigenvalue weighted by Gasteiger charge is 2.27. The Morgan fingerprint density at radius 3 is 2.84 bits per heavy atom. The van der Waals surface area contributed by atoms with E-state index in [1.165, 1.54) is 0 Å². The summed E-state index contributed by atoms with van der Waals surface area (Å²) < 4.78 is 0. The molecule has 0 saturated carbocycles. The Labute approximate surface area is 122 Å². The fourth-order valence-electron chi connectivity index (χ4n) is 2.02. The van der Waals surface area contributed by atoms with Crippen LogP contribution in [0.3, 0.4) is 0 Å². The van der Waals surface area contributed by atoms with Crippen molar-refractivity contribution in [1.29, 1.82) is 0 Å². The highest BCUT2D eigenvalue weighted by molar-refractivity contribution is 6.36. The molecule has 104 valence electrons. The van der Waals surface area contributed by atoms with Crippen molar-refractivity contribution in [2.24, 2.45) is 5.92 Å². The first-order valence-corrected chi connectivity index (χ1v) is 6.92. The molecule has 1 aromatic rings. The van der Waals surface area contributed by atoms with Crippen molar-refractivity contribution in [3.05, 3.63) is 28.2 Å². The Balaban J connectivity index is 2.01. The van der Waals surface area contributed by atoms with Gasteiger partial charge in [-0.25, -0.2) is 4.79 Å². The molecule has 1 fully saturated rings. The molecule has 1 aromatic carbocycles. The Morgan fingerprint density at radius 2 is 2.21 bits per heavy atom. The summed E-state index contributed by atoms with van der Waals surface area (Å²) in [4.78, 5) is 13.7. The number of β-amino-alcohol motifs (C(OH)–C–C–N with tert-alkyl or cyclic N) is 1. The topological polar surface area (TPSA) is 52.6 Å². The highest BCUT2D eigenvalue weighted by Crippen LogP contribution is 2.26. The third-order valence-electron chi connectivity index (χ3n) is 3.38. The number of anilines is 1. The number of piperidine rings is 1. The first kappa shape index (κ1) is 14.4. The Kier molecular flexibility index (Phi) is 4.55. The number of hydrogen-bond donors (Lipinski definition) is 2. The third kappa shape index (κ3) is 3.53. The van der Waals surface area contributed by atoms with Crippen molar-refractivity contribution in [2.45, 2.75) is 19.4 Å². The van der Waals surface area contributed by atoms with Crippen LogP contribution in [0, 0.1) is 5.92 Å². The van der Waals surface area contributed by atoms with Gasteiger partial charge >= 0.3 is 6.03 Å². The van der Waals surface area contributed by atoms with Gasteiger partial charge in [-0.15, -0.1) is 0 Å². The zero-order valence-corrected chi connectivity index (χ0v) is 12.1. The predicted octanol–water partition coefficient (Wildman–Crippen LogP) is 3.23. The molecule has 2 rings (SSSR count). The van der Waals surface area contributed by atoms with E-state index < -0.39 is 6.10 Å². The van der Waals surface area contributed by atoms with Gasteiger partial charge in [-0.1, -0.05) is 30.1 Å². The van der Waals surface area contributed by atoms with Crippen LogP contribution in [0.15, 0.2) is 18.2 Å². The molecule has 0 radical (unpaired) electrons. The average molecular weight is 303 g/mol. The van der Waals surface area contributed by atoms with Gasteiger partial charge in [-0.3, -0.25) is 0 Å². The number of rotatable bonds is 1. The fourth-order valence-corrected chi connectivity index (χ4v) is 2.47. The van der Waals surface area contributed by atoms with Crippen LogP contribution in [0.5, 0.6) is 0 Å². The lowest BCUT2D eigenvalue weighted by atomic mass is 9.96. The SMILES string of the molecule is CC1CCN(C(=O)Nc2ccc(Cl)cc2Cl)CC1O. The molecule has 2 atom stereocenters. The van der Waals surface area contributed by atoms with E-state index >= 15 is 0 Å². The lowest BCUT2D eigenvalue weighted by Gasteiger charge is -2.34. The van der Waals surface area contributed by atoms with Crippen molar-refractivity contribution in [3.63, 3.8) is 0 Å². The van der Waals surface area contributed by atoms with Crippen LogP contribution in [0.1, 0.15) is 13.3 Å². The molecule has 1 aliphatic rings. The molecule has 0 spiro atoms. The van der Waals surface area contributed by atoms with E-state index in [4.69, 9.17) is 23.2 Å². The maximum Gasteiger partial charge on any atom is 0.321 e. The van der Waals surface area contributed by atoms with Gasteiger partial charge in [0.05, 0.1) is 16.8 Å². The standard InChI is InChI=1S/C13H16Cl2N2O2/c1-8-4-5-17(7-12(8)18)13(19)16-11-3-2-9(14)6-10(11)15/h2-3,6,8,12,18H,4-5,7H2,1H3,(H,16,19). The number of amides is 2. The zero-order valence-electron chi connectivity index (χ0n) is 10.6. The minimum Gasteiger partial charge on any atom is -0.391 e. The van der Waals surface area contributed by atoms with Gasteiger partial charge in [0.2, 0.25) is 0 Å². The minimum atomic E-state index is -0.472. The van der Waals surface area contributed by atoms with E-state index in [0.29, 0.717) is 28.8 Å². The number of urea groups is 1. The number of nitrogens with zero attached hydrogens (tertiary/aromatic N) is 1. The predicted molar refractivity (Wildman–Crippen MR) is 76.8 cm³/mol. The molecule has 0 aliphatic carbocycles. The normalized spacial score (nSPS) is 23.3. The second kappa shape index (κ2) is 5.99. The van der Waals surface area contributed by atoms with Gasteiger partial charge in [0, 0.05) is 18.1 Å². The van der Waals surface area contributed by atoms with Crippen LogP contribution < -0.4 is 5.32 Å². The van der Waals surface area contributed by atoms with E-state index in [9.17, 15) is 9.90 Å². The third-order valence-corrected chi connectivity index (χ3v) is 3.93. The largest absolute Gasteiger partial charge is 0.391 e. The average Bonchev–Trinajstić information content (AvgIpc) is 2.36. The van der Waals surface area contributed by atoms with Gasteiger partial charge in [0.25, 0.3) is 0 Å². The Morgan fingerprint density at radius 1 is 1.47 bits per heavy atom. The smallest absolute Gasteiger partial charge is 0.321 e. The maximum atomic E-state index is 12.1. The summed E-state index contributed by atoms with van der Waals surface area (Å²) in [6.45, 7) is 2.96. The summed E-state index contributed by atoms with van der Waals surface area (Å²) in [5.74, 6) is 0.225. The first-order chi connectivity index (χ1) is 8.97. The second-order valence-corrected chi connectivity index (χ2v) is 5.68. The van der Waals surface area contributed by atoms with Crippen molar-refractivity contribution in [1.82, 2.24) is 4.90 Å². The first-order valence-electron chi connectivity index (χ1n) is 6.16. The number of hydrogen-bond acceptors (Lipinski definition) is 2. The number of benzene rings is 1. The zero-order chi connectivity index (χ0) is 14.0. The van der Waals surface area contributed by atoms with Gasteiger partial charge in [0.1, 0.15) is 0 Å². The number of likely N-dealkylation sites (tertiary alicyclic amines) is 1. The van der Waals surface area contributed by atoms with Crippen molar-refractivity contribution >= 4 is 34.9 Å². The van der Waals surface area contributed by atoms with Gasteiger partial charge in [0.15, 0.2) is 0 Å². The highest BCUT2D eigenvalue weighted by atomic mass is 35.5. The van der Waals surface area contributed by atoms with Crippen molar-refractivity contribution in [2.75, 3.05) is 18.4 Å². The number of halogens is 2. The lowest BCUT2D eigenvalue weighted by molar-refractivity contribution is 0.0464. The molecule has 19 heavy (non-hydrogen) atoms. The molecular weight excluding hydrogens is 287 g/mol. The quantitative estimate of drug-likeness (QED) is 0.837. The van der Waals surface area contributed by atoms with Gasteiger partial charge < -0.3 is 15.3 Å². The van der Waals surface area contributed by atoms with Crippen LogP contribution in [0.2, 0.25) is 10.0 Å². The van der Waals surface area contributed by atoms with Crippen LogP contribution in [-0.2, 0) is 0 Å². The van der Waals surface area contributed by atoms with Crippen LogP contribution in [0.4, 0.5) is 10.5 Å². The van der Waals surface area contributed by atoms with Gasteiger partial charge in [-0.2, -0.15) is 0 Å². The summed E-state index contributed by atoms with van der Waals surface area (Å²) in [5.41, 5.74) is 0.518. The van der Waals surface area contributed by atoms with E-state index in [1.54, 1.807) is 23.1 Å². The Bertz CT molecular complexity index is 482. The summed E-state index contributed by atoms with van der Waals surface area (Å²) in [6.07, 6.45) is 0.323. The molecule has 1 saturated heterocycles. The number of nitrogens with one attached hydrogen (secondary N) is 1. The van der Waals surface area contributed by atoms with E-state index in [-0.39, 0.29) is 11.9 Å². The summed E-state index contributed by atoms with van der Waals surface area (Å²) in [5, 5.41) is 13.4. The van der Waals surface area contributed by atoms with E-state index in [1.807, 2.05) is 6.92 Å². The van der Waals surface area contributed by atoms with Crippen molar-refractivity contribution in [3.8, 4) is 0 Å². The van der Waals surface area contributed by atoms with Crippen LogP contribution in [0.25, 0.3) is 0 Å². The molecular formula is C13H16Cl2N2O2. The molecule has 0 aromatic heterocycles. The molecule has 1 aliphatic heterocycles. The number of carbonyl (C=O) groups is 1. The molecule has 2 N–H and O–H groups in total. The van der Waals surface area contributed by atoms with Crippen LogP contribution >= 0.6 is 23.2 Å². The summed E-state index contributed by atoms with van der Waals surface area (Å²) >= 11 is 11.8. The molecule has 1 heterocycles. The van der Waals surface area contributed by atoms with Gasteiger partial charge in [-0.05, 0) is 30.5 Å². The van der Waals surface area contributed by atoms with E-state index in [0.717, 1.165) is 6.42 Å². The Hall–Kier alpha value is -0.970. The monoisotopic (exact) mass is 302 g/mol. The molecule has 6 heteroatoms. The molecule has 2 amide bonds. The molecule has 0 bridgehead atoms. The number of carbonyl (C=O) groups excluding carboxylic acids is 1. The molecule has 2 unspecified atom stereocenters. The second-order valence-electron chi connectivity index (χ2n) is 4.83. The minimum absolute atomic E-state index is 0.225. The summed E-state index contributed by atoms with van der Waals surface area (Å²) in [6, 6.07) is 4.64. The van der Waals surface area contributed by atoms with Crippen molar-refractivity contribution < 1.29 is 9.90 Å². The van der Waals surface area contributed by atoms with Crippen LogP contribution in [-0.4, -0.2) is 35.2 Å². The van der Waals surface area contributed by atoms with E-state index in [2.05, 4.69) is 5.32 Å². The number of aliphatic hydroxyl groups excluding tert-OH is 1.